The van der Waals surface area contributed by atoms with Crippen molar-refractivity contribution in [3.8, 4) is 0 Å². The lowest BCUT2D eigenvalue weighted by atomic mass is 10.1. The number of nitrogen functional groups attached to an aromatic ring is 1. The monoisotopic (exact) mass is 492 g/mol. The number of nitrogens with one attached hydrogen (secondary N) is 1. The molecule has 0 spiro atoms. The number of rotatable bonds is 3. The van der Waals surface area contributed by atoms with Crippen LogP contribution in [0, 0.1) is 0 Å². The van der Waals surface area contributed by atoms with Crippen LogP contribution in [0.2, 0.25) is 0 Å². The molecule has 1 amide bonds. The molecule has 1 saturated heterocycles. The van der Waals surface area contributed by atoms with E-state index in [0.717, 1.165) is 17.2 Å². The number of alkyl halides is 6. The number of halogens is 6. The number of nitrogens with two attached hydrogens (primary N) is 1. The number of aliphatic hydroxyl groups excluding tert-OH is 2. The first-order chi connectivity index (χ1) is 15.8. The second-order valence-electron chi connectivity index (χ2n) is 7.30. The lowest BCUT2D eigenvalue weighted by Gasteiger charge is -2.17. The first kappa shape index (κ1) is 23.7. The summed E-state index contributed by atoms with van der Waals surface area (Å²) < 4.78 is 84.8. The molecule has 0 saturated carbocycles. The summed E-state index contributed by atoms with van der Waals surface area (Å²) in [6.45, 7) is 0. The Morgan fingerprint density at radius 2 is 1.62 bits per heavy atom. The summed E-state index contributed by atoms with van der Waals surface area (Å²) in [6.07, 6.45) is -15.0. The Bertz CT molecular complexity index is 1210. The van der Waals surface area contributed by atoms with Crippen LogP contribution in [0.5, 0.6) is 0 Å². The minimum Gasteiger partial charge on any atom is -0.387 e. The predicted molar refractivity (Wildman–Crippen MR) is 101 cm³/mol. The number of imidazole rings is 1. The van der Waals surface area contributed by atoms with Crippen LogP contribution in [-0.2, 0) is 21.9 Å². The van der Waals surface area contributed by atoms with Crippen molar-refractivity contribution in [3.05, 3.63) is 42.0 Å². The van der Waals surface area contributed by atoms with Gasteiger partial charge in [0.05, 0.1) is 17.5 Å². The Labute approximate surface area is 185 Å². The highest BCUT2D eigenvalue weighted by atomic mass is 19.4. The number of anilines is 2. The van der Waals surface area contributed by atoms with E-state index in [9.17, 15) is 41.4 Å². The molecule has 3 aromatic rings. The van der Waals surface area contributed by atoms with Crippen LogP contribution in [0.3, 0.4) is 0 Å². The molecular formula is C18H14F6N6O4. The van der Waals surface area contributed by atoms with Crippen LogP contribution >= 0.6 is 0 Å². The fraction of sp³-hybridized carbons (Fsp3) is 0.333. The van der Waals surface area contributed by atoms with E-state index in [-0.39, 0.29) is 23.0 Å². The van der Waals surface area contributed by atoms with Crippen molar-refractivity contribution in [3.63, 3.8) is 0 Å². The van der Waals surface area contributed by atoms with Crippen molar-refractivity contribution < 1.29 is 46.1 Å². The van der Waals surface area contributed by atoms with E-state index in [1.54, 1.807) is 0 Å². The van der Waals surface area contributed by atoms with Gasteiger partial charge in [-0.05, 0) is 18.2 Å². The van der Waals surface area contributed by atoms with Gasteiger partial charge in [0.1, 0.15) is 24.1 Å². The van der Waals surface area contributed by atoms with Crippen LogP contribution in [-0.4, -0.2) is 54.0 Å². The third-order valence-electron chi connectivity index (χ3n) is 5.01. The van der Waals surface area contributed by atoms with E-state index >= 15 is 0 Å². The zero-order valence-electron chi connectivity index (χ0n) is 16.5. The van der Waals surface area contributed by atoms with Gasteiger partial charge in [0.2, 0.25) is 0 Å². The fourth-order valence-corrected chi connectivity index (χ4v) is 3.40. The van der Waals surface area contributed by atoms with Gasteiger partial charge >= 0.3 is 12.4 Å². The minimum absolute atomic E-state index is 0.00362. The Morgan fingerprint density at radius 3 is 2.21 bits per heavy atom. The van der Waals surface area contributed by atoms with E-state index in [2.05, 4.69) is 15.0 Å². The van der Waals surface area contributed by atoms with Crippen LogP contribution in [0.1, 0.15) is 17.4 Å². The molecule has 4 atom stereocenters. The van der Waals surface area contributed by atoms with Gasteiger partial charge in [-0.25, -0.2) is 15.0 Å². The van der Waals surface area contributed by atoms with Crippen molar-refractivity contribution in [2.24, 2.45) is 0 Å². The average molecular weight is 492 g/mol. The maximum atomic E-state index is 13.0. The van der Waals surface area contributed by atoms with Crippen LogP contribution in [0.15, 0.2) is 30.9 Å². The van der Waals surface area contributed by atoms with Crippen molar-refractivity contribution >= 4 is 28.6 Å². The molecule has 1 aromatic carbocycles. The molecule has 5 N–H and O–H groups in total. The zero-order valence-corrected chi connectivity index (χ0v) is 16.5. The summed E-state index contributed by atoms with van der Waals surface area (Å²) in [5.74, 6) is -1.30. The van der Waals surface area contributed by atoms with Crippen molar-refractivity contribution in [1.82, 2.24) is 19.5 Å². The number of nitrogens with zero attached hydrogens (tertiary/aromatic N) is 4. The molecule has 0 radical (unpaired) electrons. The smallest absolute Gasteiger partial charge is 0.387 e. The Kier molecular flexibility index (Phi) is 5.61. The predicted octanol–water partition coefficient (Wildman–Crippen LogP) is 1.70. The van der Waals surface area contributed by atoms with Crippen LogP contribution < -0.4 is 11.1 Å². The van der Waals surface area contributed by atoms with E-state index in [4.69, 9.17) is 10.5 Å². The van der Waals surface area contributed by atoms with E-state index in [0.29, 0.717) is 12.1 Å². The highest BCUT2D eigenvalue weighted by Gasteiger charge is 2.48. The summed E-state index contributed by atoms with van der Waals surface area (Å²) in [5, 5.41) is 22.5. The van der Waals surface area contributed by atoms with Crippen molar-refractivity contribution in [2.45, 2.75) is 36.9 Å². The normalized spacial score (nSPS) is 23.4. The van der Waals surface area contributed by atoms with Crippen molar-refractivity contribution in [2.75, 3.05) is 11.1 Å². The average Bonchev–Trinajstić information content (AvgIpc) is 3.29. The molecule has 4 rings (SSSR count). The lowest BCUT2D eigenvalue weighted by Crippen LogP contribution is -2.39. The summed E-state index contributed by atoms with van der Waals surface area (Å²) in [6, 6.07) is 0.491. The summed E-state index contributed by atoms with van der Waals surface area (Å²) in [4.78, 5) is 24.2. The van der Waals surface area contributed by atoms with Gasteiger partial charge in [-0.15, -0.1) is 0 Å². The van der Waals surface area contributed by atoms with E-state index in [1.807, 2.05) is 5.32 Å². The molecule has 0 unspecified atom stereocenters. The first-order valence-corrected chi connectivity index (χ1v) is 9.32. The zero-order chi connectivity index (χ0) is 25.0. The van der Waals surface area contributed by atoms with Gasteiger partial charge < -0.3 is 26.0 Å². The molecule has 2 aromatic heterocycles. The number of hydrogen-bond acceptors (Lipinski definition) is 8. The van der Waals surface area contributed by atoms with Crippen LogP contribution in [0.25, 0.3) is 11.2 Å². The molecule has 1 aliphatic rings. The van der Waals surface area contributed by atoms with Gasteiger partial charge in [0.15, 0.2) is 23.8 Å². The van der Waals surface area contributed by atoms with Gasteiger partial charge in [-0.1, -0.05) is 0 Å². The molecular weight excluding hydrogens is 478 g/mol. The number of fused-ring (bicyclic) bond motifs is 1. The molecule has 16 heteroatoms. The molecule has 1 aliphatic heterocycles. The number of carbonyl (C=O) groups excluding carboxylic acids is 1. The topological polar surface area (TPSA) is 148 Å². The Hall–Kier alpha value is -3.50. The maximum Gasteiger partial charge on any atom is 0.416 e. The number of benzene rings is 1. The first-order valence-electron chi connectivity index (χ1n) is 9.32. The number of amides is 1. The Balaban J connectivity index is 1.61. The summed E-state index contributed by atoms with van der Waals surface area (Å²) >= 11 is 0. The number of hydrogen-bond donors (Lipinski definition) is 4. The molecule has 0 aliphatic carbocycles. The highest BCUT2D eigenvalue weighted by molar-refractivity contribution is 5.95. The molecule has 34 heavy (non-hydrogen) atoms. The third kappa shape index (κ3) is 4.22. The van der Waals surface area contributed by atoms with Gasteiger partial charge in [-0.3, -0.25) is 9.36 Å². The number of aromatic nitrogens is 4. The molecule has 182 valence electrons. The van der Waals surface area contributed by atoms with Gasteiger partial charge in [-0.2, -0.15) is 26.3 Å². The SMILES string of the molecule is Nc1ncnc2c1ncn2[C@@H]1O[C@H](C(=O)Nc2cc(C(F)(F)F)cc(C(F)(F)F)c2)[C@@H](O)[C@H]1O. The Morgan fingerprint density at radius 1 is 1.00 bits per heavy atom. The molecule has 3 heterocycles. The minimum atomic E-state index is -5.13. The number of ether oxygens (including phenoxy) is 1. The maximum absolute atomic E-state index is 13.0. The quantitative estimate of drug-likeness (QED) is 0.404. The third-order valence-corrected chi connectivity index (χ3v) is 5.01. The van der Waals surface area contributed by atoms with Gasteiger partial charge in [0, 0.05) is 5.69 Å². The fourth-order valence-electron chi connectivity index (χ4n) is 3.40. The largest absolute Gasteiger partial charge is 0.416 e. The number of aliphatic hydroxyl groups is 2. The van der Waals surface area contributed by atoms with Crippen LogP contribution in [0.4, 0.5) is 37.8 Å². The molecule has 10 nitrogen and oxygen atoms in total. The second kappa shape index (κ2) is 8.07. The molecule has 1 fully saturated rings. The van der Waals surface area contributed by atoms with E-state index < -0.39 is 59.6 Å². The lowest BCUT2D eigenvalue weighted by molar-refractivity contribution is -0.143. The second-order valence-corrected chi connectivity index (χ2v) is 7.30. The molecule has 0 bridgehead atoms. The highest BCUT2D eigenvalue weighted by Crippen LogP contribution is 2.38. The van der Waals surface area contributed by atoms with Crippen molar-refractivity contribution in [1.29, 1.82) is 0 Å². The van der Waals surface area contributed by atoms with Gasteiger partial charge in [0.25, 0.3) is 5.91 Å². The van der Waals surface area contributed by atoms with E-state index in [1.165, 1.54) is 0 Å². The number of carbonyl (C=O) groups is 1. The summed E-state index contributed by atoms with van der Waals surface area (Å²) in [5.41, 5.74) is 1.75. The standard InChI is InChI=1S/C18H14F6N6O4/c19-17(20,21)6-1-7(18(22,23)24)3-8(2-6)29-15(33)12-10(31)11(32)16(34-12)30-5-28-9-13(25)26-4-27-14(9)30/h1-5,10-12,16,31-32H,(H,29,33)(H2,25,26,27)/t10-,11+,12-,16+/m0/s1. The summed E-state index contributed by atoms with van der Waals surface area (Å²) in [7, 11) is 0.